The lowest BCUT2D eigenvalue weighted by Crippen LogP contribution is -2.37. The summed E-state index contributed by atoms with van der Waals surface area (Å²) in [5.41, 5.74) is 5.30. The number of rotatable bonds is 14. The van der Waals surface area contributed by atoms with Crippen molar-refractivity contribution in [3.05, 3.63) is 0 Å². The second-order valence-electron chi connectivity index (χ2n) is 5.87. The Kier molecular flexibility index (Phi) is 12.7. The molecular weight excluding hydrogens is 316 g/mol. The molecule has 1 aliphatic carbocycles. The molecular formula is C16H32N2O6. The molecule has 1 aliphatic rings. The van der Waals surface area contributed by atoms with Crippen LogP contribution in [0.15, 0.2) is 0 Å². The molecule has 4 N–H and O–H groups in total. The zero-order valence-electron chi connectivity index (χ0n) is 14.4. The average Bonchev–Trinajstić information content (AvgIpc) is 2.57. The van der Waals surface area contributed by atoms with E-state index < -0.39 is 6.09 Å². The van der Waals surface area contributed by atoms with Gasteiger partial charge in [0.05, 0.1) is 46.2 Å². The summed E-state index contributed by atoms with van der Waals surface area (Å²) < 4.78 is 21.6. The van der Waals surface area contributed by atoms with Crippen LogP contribution in [-0.4, -0.2) is 76.6 Å². The largest absolute Gasteiger partial charge is 0.465 e. The highest BCUT2D eigenvalue weighted by atomic mass is 16.6. The van der Waals surface area contributed by atoms with Crippen molar-refractivity contribution >= 4 is 6.09 Å². The molecule has 0 aromatic heterocycles. The second kappa shape index (κ2) is 14.4. The maximum atomic E-state index is 10.6. The van der Waals surface area contributed by atoms with Gasteiger partial charge in [-0.1, -0.05) is 0 Å². The predicted octanol–water partition coefficient (Wildman–Crippen LogP) is 0.838. The van der Waals surface area contributed by atoms with Gasteiger partial charge in [0.1, 0.15) is 0 Å². The van der Waals surface area contributed by atoms with E-state index in [4.69, 9.17) is 29.8 Å². The van der Waals surface area contributed by atoms with Crippen molar-refractivity contribution in [2.45, 2.75) is 31.7 Å². The van der Waals surface area contributed by atoms with Crippen molar-refractivity contribution in [2.24, 2.45) is 11.7 Å². The Morgan fingerprint density at radius 1 is 0.875 bits per heavy atom. The number of ether oxygens (including phenoxy) is 4. The fourth-order valence-electron chi connectivity index (χ4n) is 2.64. The van der Waals surface area contributed by atoms with Crippen LogP contribution < -0.4 is 11.1 Å². The SMILES string of the molecule is NCCOCCOCCOCCOC[C@H]1CC[C@H](NC(=O)O)CC1. The Morgan fingerprint density at radius 2 is 1.38 bits per heavy atom. The normalized spacial score (nSPS) is 20.9. The van der Waals surface area contributed by atoms with E-state index in [0.717, 1.165) is 32.3 Å². The van der Waals surface area contributed by atoms with Crippen LogP contribution in [0.3, 0.4) is 0 Å². The molecule has 0 radical (unpaired) electrons. The molecule has 1 saturated carbocycles. The summed E-state index contributed by atoms with van der Waals surface area (Å²) in [6.07, 6.45) is 2.86. The van der Waals surface area contributed by atoms with Crippen molar-refractivity contribution in [2.75, 3.05) is 59.4 Å². The van der Waals surface area contributed by atoms with Gasteiger partial charge in [-0.2, -0.15) is 0 Å². The lowest BCUT2D eigenvalue weighted by molar-refractivity contribution is -0.00737. The van der Waals surface area contributed by atoms with Gasteiger partial charge in [0.25, 0.3) is 0 Å². The summed E-state index contributed by atoms with van der Waals surface area (Å²) in [7, 11) is 0. The Hall–Kier alpha value is -0.930. The van der Waals surface area contributed by atoms with Gasteiger partial charge < -0.3 is 35.1 Å². The molecule has 0 atom stereocenters. The molecule has 1 amide bonds. The Labute approximate surface area is 144 Å². The van der Waals surface area contributed by atoms with E-state index in [-0.39, 0.29) is 6.04 Å². The molecule has 142 valence electrons. The summed E-state index contributed by atoms with van der Waals surface area (Å²) in [4.78, 5) is 10.6. The third-order valence-electron chi connectivity index (χ3n) is 3.91. The molecule has 0 heterocycles. The van der Waals surface area contributed by atoms with Crippen LogP contribution in [0.4, 0.5) is 4.79 Å². The van der Waals surface area contributed by atoms with Crippen molar-refractivity contribution in [1.82, 2.24) is 5.32 Å². The number of nitrogens with two attached hydrogens (primary N) is 1. The topological polar surface area (TPSA) is 112 Å². The molecule has 1 rings (SSSR count). The first-order valence-corrected chi connectivity index (χ1v) is 8.73. The number of hydrogen-bond donors (Lipinski definition) is 3. The second-order valence-corrected chi connectivity index (χ2v) is 5.87. The number of carbonyl (C=O) groups is 1. The first kappa shape index (κ1) is 21.1. The van der Waals surface area contributed by atoms with E-state index in [1.165, 1.54) is 0 Å². The summed E-state index contributed by atoms with van der Waals surface area (Å²) in [5.74, 6) is 0.522. The Balaban J connectivity index is 1.80. The minimum atomic E-state index is -0.932. The Morgan fingerprint density at radius 3 is 1.88 bits per heavy atom. The molecule has 0 spiro atoms. The van der Waals surface area contributed by atoms with E-state index in [1.54, 1.807) is 0 Å². The average molecular weight is 348 g/mol. The lowest BCUT2D eigenvalue weighted by atomic mass is 9.86. The fraction of sp³-hybridized carbons (Fsp3) is 0.938. The maximum Gasteiger partial charge on any atom is 0.404 e. The van der Waals surface area contributed by atoms with E-state index in [0.29, 0.717) is 58.7 Å². The third-order valence-corrected chi connectivity index (χ3v) is 3.91. The minimum Gasteiger partial charge on any atom is -0.465 e. The molecule has 8 heteroatoms. The molecule has 0 saturated heterocycles. The van der Waals surface area contributed by atoms with Crippen molar-refractivity contribution in [3.63, 3.8) is 0 Å². The van der Waals surface area contributed by atoms with E-state index in [1.807, 2.05) is 0 Å². The zero-order chi connectivity index (χ0) is 17.5. The molecule has 0 unspecified atom stereocenters. The smallest absolute Gasteiger partial charge is 0.404 e. The van der Waals surface area contributed by atoms with Crippen LogP contribution in [0.5, 0.6) is 0 Å². The summed E-state index contributed by atoms with van der Waals surface area (Å²) in [5, 5.41) is 11.2. The van der Waals surface area contributed by atoms with Crippen LogP contribution >= 0.6 is 0 Å². The van der Waals surface area contributed by atoms with Gasteiger partial charge in [0.15, 0.2) is 0 Å². The summed E-state index contributed by atoms with van der Waals surface area (Å²) in [6.45, 7) is 5.16. The highest BCUT2D eigenvalue weighted by Gasteiger charge is 2.22. The van der Waals surface area contributed by atoms with Crippen LogP contribution in [0.2, 0.25) is 0 Å². The summed E-state index contributed by atoms with van der Waals surface area (Å²) >= 11 is 0. The fourth-order valence-corrected chi connectivity index (χ4v) is 2.64. The predicted molar refractivity (Wildman–Crippen MR) is 89.2 cm³/mol. The first-order chi connectivity index (χ1) is 11.7. The minimum absolute atomic E-state index is 0.0998. The van der Waals surface area contributed by atoms with Crippen molar-refractivity contribution in [3.8, 4) is 0 Å². The van der Waals surface area contributed by atoms with Gasteiger partial charge in [0, 0.05) is 19.2 Å². The van der Waals surface area contributed by atoms with E-state index in [9.17, 15) is 4.79 Å². The van der Waals surface area contributed by atoms with Gasteiger partial charge in [-0.3, -0.25) is 0 Å². The molecule has 0 aliphatic heterocycles. The van der Waals surface area contributed by atoms with Crippen molar-refractivity contribution < 1.29 is 28.8 Å². The maximum absolute atomic E-state index is 10.6. The molecule has 24 heavy (non-hydrogen) atoms. The summed E-state index contributed by atoms with van der Waals surface area (Å²) in [6, 6.07) is 0.0998. The van der Waals surface area contributed by atoms with Gasteiger partial charge in [-0.15, -0.1) is 0 Å². The Bertz CT molecular complexity index is 311. The molecule has 0 aromatic rings. The van der Waals surface area contributed by atoms with E-state index >= 15 is 0 Å². The lowest BCUT2D eigenvalue weighted by Gasteiger charge is -2.28. The third kappa shape index (κ3) is 11.6. The molecule has 0 aromatic carbocycles. The highest BCUT2D eigenvalue weighted by Crippen LogP contribution is 2.24. The number of nitrogens with one attached hydrogen (secondary N) is 1. The molecule has 1 fully saturated rings. The number of carboxylic acid groups (broad SMARTS) is 1. The monoisotopic (exact) mass is 348 g/mol. The first-order valence-electron chi connectivity index (χ1n) is 8.73. The van der Waals surface area contributed by atoms with Crippen LogP contribution in [-0.2, 0) is 18.9 Å². The highest BCUT2D eigenvalue weighted by molar-refractivity contribution is 5.64. The number of hydrogen-bond acceptors (Lipinski definition) is 6. The van der Waals surface area contributed by atoms with Gasteiger partial charge in [-0.05, 0) is 31.6 Å². The van der Waals surface area contributed by atoms with Crippen LogP contribution in [0, 0.1) is 5.92 Å². The van der Waals surface area contributed by atoms with Gasteiger partial charge >= 0.3 is 6.09 Å². The molecule has 8 nitrogen and oxygen atoms in total. The molecule has 0 bridgehead atoms. The van der Waals surface area contributed by atoms with Gasteiger partial charge in [0.2, 0.25) is 0 Å². The zero-order valence-corrected chi connectivity index (χ0v) is 14.4. The number of amides is 1. The van der Waals surface area contributed by atoms with E-state index in [2.05, 4.69) is 5.32 Å². The van der Waals surface area contributed by atoms with Crippen LogP contribution in [0.1, 0.15) is 25.7 Å². The van der Waals surface area contributed by atoms with Crippen LogP contribution in [0.25, 0.3) is 0 Å². The van der Waals surface area contributed by atoms with Gasteiger partial charge in [-0.25, -0.2) is 4.79 Å². The quantitative estimate of drug-likeness (QED) is 0.399. The van der Waals surface area contributed by atoms with Crippen molar-refractivity contribution in [1.29, 1.82) is 0 Å². The standard InChI is InChI=1S/C16H32N2O6/c17-5-6-21-7-8-22-9-10-23-11-12-24-13-14-1-3-15(4-2-14)18-16(19)20/h14-15,18H,1-13,17H2,(H,19,20)/t14-,15-.